The predicted octanol–water partition coefficient (Wildman–Crippen LogP) is 4.28. The first-order chi connectivity index (χ1) is 8.86. The maximum absolute atomic E-state index is 4.60. The lowest BCUT2D eigenvalue weighted by atomic mass is 9.93. The molecule has 0 fully saturated rings. The lowest BCUT2D eigenvalue weighted by molar-refractivity contribution is 1.07. The molecule has 0 saturated heterocycles. The number of nitrogens with zero attached hydrogens (tertiary/aromatic N) is 1. The van der Waals surface area contributed by atoms with Gasteiger partial charge in [0.1, 0.15) is 0 Å². The molecule has 18 heavy (non-hydrogen) atoms. The standard InChI is InChI=1S/C17H15N/c1-13-12-18-17(15-10-6-3-7-11-15)16(13)14-8-4-2-5-9-14/h2-13H,1H3. The average Bonchev–Trinajstić information content (AvgIpc) is 2.83. The van der Waals surface area contributed by atoms with Crippen LogP contribution in [0.2, 0.25) is 0 Å². The van der Waals surface area contributed by atoms with Gasteiger partial charge >= 0.3 is 0 Å². The zero-order chi connectivity index (χ0) is 12.4. The van der Waals surface area contributed by atoms with Crippen molar-refractivity contribution in [2.24, 2.45) is 10.9 Å². The van der Waals surface area contributed by atoms with E-state index in [9.17, 15) is 0 Å². The van der Waals surface area contributed by atoms with Gasteiger partial charge in [0.15, 0.2) is 0 Å². The summed E-state index contributed by atoms with van der Waals surface area (Å²) in [6, 6.07) is 20.9. The van der Waals surface area contributed by atoms with Gasteiger partial charge in [0.05, 0.1) is 5.70 Å². The molecule has 88 valence electrons. The molecule has 1 nitrogen and oxygen atoms in total. The van der Waals surface area contributed by atoms with Crippen LogP contribution in [0.1, 0.15) is 18.1 Å². The van der Waals surface area contributed by atoms with E-state index in [2.05, 4.69) is 60.4 Å². The quantitative estimate of drug-likeness (QED) is 0.734. The molecule has 1 unspecified atom stereocenters. The molecular formula is C17H15N. The number of hydrogen-bond acceptors (Lipinski definition) is 1. The van der Waals surface area contributed by atoms with Gasteiger partial charge in [-0.1, -0.05) is 67.6 Å². The Hall–Kier alpha value is -2.15. The Balaban J connectivity index is 2.15. The number of aliphatic imine (C=N–C) groups is 1. The smallest absolute Gasteiger partial charge is 0.0742 e. The summed E-state index contributed by atoms with van der Waals surface area (Å²) in [7, 11) is 0. The Morgan fingerprint density at radius 3 is 1.94 bits per heavy atom. The largest absolute Gasteiger partial charge is 0.260 e. The third-order valence-electron chi connectivity index (χ3n) is 3.27. The molecule has 2 aromatic carbocycles. The van der Waals surface area contributed by atoms with E-state index in [0.717, 1.165) is 5.70 Å². The second-order valence-corrected chi connectivity index (χ2v) is 4.56. The molecular weight excluding hydrogens is 218 g/mol. The van der Waals surface area contributed by atoms with Gasteiger partial charge in [-0.2, -0.15) is 0 Å². The van der Waals surface area contributed by atoms with Crippen LogP contribution in [0, 0.1) is 5.92 Å². The first-order valence-corrected chi connectivity index (χ1v) is 6.25. The fraction of sp³-hybridized carbons (Fsp3) is 0.118. The minimum Gasteiger partial charge on any atom is -0.260 e. The Labute approximate surface area is 108 Å². The molecule has 0 aliphatic carbocycles. The van der Waals surface area contributed by atoms with Crippen molar-refractivity contribution < 1.29 is 0 Å². The summed E-state index contributed by atoms with van der Waals surface area (Å²) in [5.74, 6) is 0.377. The highest BCUT2D eigenvalue weighted by Crippen LogP contribution is 2.36. The van der Waals surface area contributed by atoms with Gasteiger partial charge in [-0.25, -0.2) is 0 Å². The summed E-state index contributed by atoms with van der Waals surface area (Å²) in [6.07, 6.45) is 2.03. The van der Waals surface area contributed by atoms with Gasteiger partial charge in [0.2, 0.25) is 0 Å². The molecule has 0 radical (unpaired) electrons. The van der Waals surface area contributed by atoms with Crippen molar-refractivity contribution in [3.8, 4) is 0 Å². The Bertz CT molecular complexity index is 594. The van der Waals surface area contributed by atoms with Gasteiger partial charge in [0.25, 0.3) is 0 Å². The summed E-state index contributed by atoms with van der Waals surface area (Å²) in [5, 5.41) is 0. The third kappa shape index (κ3) is 1.88. The van der Waals surface area contributed by atoms with E-state index in [0.29, 0.717) is 5.92 Å². The van der Waals surface area contributed by atoms with Crippen LogP contribution in [0.3, 0.4) is 0 Å². The van der Waals surface area contributed by atoms with Crippen molar-refractivity contribution in [1.82, 2.24) is 0 Å². The van der Waals surface area contributed by atoms with Gasteiger partial charge in [0, 0.05) is 17.7 Å². The normalized spacial score (nSPS) is 18.4. The molecule has 1 atom stereocenters. The van der Waals surface area contributed by atoms with Crippen LogP contribution >= 0.6 is 0 Å². The summed E-state index contributed by atoms with van der Waals surface area (Å²) >= 11 is 0. The molecule has 1 heterocycles. The molecule has 1 aliphatic heterocycles. The van der Waals surface area contributed by atoms with Crippen molar-refractivity contribution in [3.63, 3.8) is 0 Å². The van der Waals surface area contributed by atoms with Crippen LogP contribution in [-0.2, 0) is 0 Å². The van der Waals surface area contributed by atoms with Crippen molar-refractivity contribution in [2.75, 3.05) is 0 Å². The van der Waals surface area contributed by atoms with Crippen LogP contribution in [-0.4, -0.2) is 6.21 Å². The molecule has 2 aromatic rings. The monoisotopic (exact) mass is 233 g/mol. The fourth-order valence-corrected chi connectivity index (χ4v) is 2.39. The fourth-order valence-electron chi connectivity index (χ4n) is 2.39. The Kier molecular flexibility index (Phi) is 2.81. The summed E-state index contributed by atoms with van der Waals surface area (Å²) in [5.41, 5.74) is 4.88. The minimum absolute atomic E-state index is 0.377. The van der Waals surface area contributed by atoms with E-state index >= 15 is 0 Å². The lowest BCUT2D eigenvalue weighted by Gasteiger charge is -2.10. The molecule has 3 rings (SSSR count). The average molecular weight is 233 g/mol. The van der Waals surface area contributed by atoms with E-state index < -0.39 is 0 Å². The number of allylic oxidation sites excluding steroid dienone is 1. The molecule has 0 N–H and O–H groups in total. The van der Waals surface area contributed by atoms with Crippen molar-refractivity contribution in [2.45, 2.75) is 6.92 Å². The highest BCUT2D eigenvalue weighted by atomic mass is 14.8. The van der Waals surface area contributed by atoms with Gasteiger partial charge < -0.3 is 0 Å². The van der Waals surface area contributed by atoms with Crippen molar-refractivity contribution in [1.29, 1.82) is 0 Å². The molecule has 1 heteroatoms. The van der Waals surface area contributed by atoms with E-state index in [-0.39, 0.29) is 0 Å². The minimum atomic E-state index is 0.377. The number of hydrogen-bond donors (Lipinski definition) is 0. The second kappa shape index (κ2) is 4.61. The first-order valence-electron chi connectivity index (χ1n) is 6.25. The number of rotatable bonds is 2. The maximum Gasteiger partial charge on any atom is 0.0742 e. The van der Waals surface area contributed by atoms with Crippen molar-refractivity contribution >= 4 is 17.5 Å². The molecule has 0 aromatic heterocycles. The number of benzene rings is 2. The van der Waals surface area contributed by atoms with Crippen LogP contribution < -0.4 is 0 Å². The van der Waals surface area contributed by atoms with Gasteiger partial charge in [-0.3, -0.25) is 4.99 Å². The first kappa shape index (κ1) is 11.0. The van der Waals surface area contributed by atoms with Crippen LogP contribution in [0.25, 0.3) is 11.3 Å². The van der Waals surface area contributed by atoms with Gasteiger partial charge in [-0.15, -0.1) is 0 Å². The molecule has 0 spiro atoms. The van der Waals surface area contributed by atoms with Crippen LogP contribution in [0.4, 0.5) is 0 Å². The van der Waals surface area contributed by atoms with E-state index in [4.69, 9.17) is 0 Å². The second-order valence-electron chi connectivity index (χ2n) is 4.56. The van der Waals surface area contributed by atoms with Crippen LogP contribution in [0.5, 0.6) is 0 Å². The maximum atomic E-state index is 4.60. The zero-order valence-electron chi connectivity index (χ0n) is 10.4. The van der Waals surface area contributed by atoms with Crippen molar-refractivity contribution in [3.05, 3.63) is 71.8 Å². The SMILES string of the molecule is CC1C=NC(c2ccccc2)=C1c1ccccc1. The zero-order valence-corrected chi connectivity index (χ0v) is 10.4. The van der Waals surface area contributed by atoms with E-state index in [1.807, 2.05) is 18.3 Å². The lowest BCUT2D eigenvalue weighted by Crippen LogP contribution is -1.96. The molecule has 1 aliphatic rings. The predicted molar refractivity (Wildman–Crippen MR) is 77.4 cm³/mol. The van der Waals surface area contributed by atoms with E-state index in [1.54, 1.807) is 0 Å². The summed E-state index contributed by atoms with van der Waals surface area (Å²) in [4.78, 5) is 4.60. The topological polar surface area (TPSA) is 12.4 Å². The molecule has 0 amide bonds. The Morgan fingerprint density at radius 1 is 0.778 bits per heavy atom. The Morgan fingerprint density at radius 2 is 1.33 bits per heavy atom. The molecule has 0 bridgehead atoms. The highest BCUT2D eigenvalue weighted by molar-refractivity contribution is 6.03. The summed E-state index contributed by atoms with van der Waals surface area (Å²) in [6.45, 7) is 2.20. The third-order valence-corrected chi connectivity index (χ3v) is 3.27. The van der Waals surface area contributed by atoms with Crippen LogP contribution in [0.15, 0.2) is 65.7 Å². The highest BCUT2D eigenvalue weighted by Gasteiger charge is 2.20. The van der Waals surface area contributed by atoms with Gasteiger partial charge in [-0.05, 0) is 11.1 Å². The molecule has 0 saturated carbocycles. The summed E-state index contributed by atoms with van der Waals surface area (Å²) < 4.78 is 0. The van der Waals surface area contributed by atoms with E-state index in [1.165, 1.54) is 16.7 Å².